The molecule has 6 aromatic carbocycles. The fourth-order valence-electron chi connectivity index (χ4n) is 5.18. The molecule has 5 heteroatoms. The van der Waals surface area contributed by atoms with Crippen molar-refractivity contribution < 1.29 is 4.74 Å². The number of halogens is 1. The van der Waals surface area contributed by atoms with E-state index in [0.29, 0.717) is 23.6 Å². The van der Waals surface area contributed by atoms with Gasteiger partial charge in [0.2, 0.25) is 0 Å². The van der Waals surface area contributed by atoms with Gasteiger partial charge < -0.3 is 4.74 Å². The van der Waals surface area contributed by atoms with Gasteiger partial charge in [0.25, 0.3) is 0 Å². The highest BCUT2D eigenvalue weighted by atomic mass is 35.5. The summed E-state index contributed by atoms with van der Waals surface area (Å²) < 4.78 is 4.75. The summed E-state index contributed by atoms with van der Waals surface area (Å²) in [7, 11) is 1.70. The molecule has 0 amide bonds. The molecular formula is C48H50ClN3O. The minimum atomic E-state index is 0.384. The van der Waals surface area contributed by atoms with Gasteiger partial charge in [-0.2, -0.15) is 0 Å². The molecule has 270 valence electrons. The van der Waals surface area contributed by atoms with E-state index in [2.05, 4.69) is 117 Å². The van der Waals surface area contributed by atoms with Crippen LogP contribution < -0.4 is 0 Å². The zero-order chi connectivity index (χ0) is 38.0. The van der Waals surface area contributed by atoms with Gasteiger partial charge in [0.05, 0.1) is 6.10 Å². The predicted molar refractivity (Wildman–Crippen MR) is 227 cm³/mol. The average molecular weight is 720 g/mol. The Balaban J connectivity index is 0.000000565. The molecule has 0 saturated carbocycles. The minimum Gasteiger partial charge on any atom is -0.382 e. The molecular weight excluding hydrogens is 670 g/mol. The number of methoxy groups -OCH3 is 1. The predicted octanol–water partition coefficient (Wildman–Crippen LogP) is 14.0. The molecule has 53 heavy (non-hydrogen) atoms. The quantitative estimate of drug-likeness (QED) is 0.164. The molecule has 0 N–H and O–H groups in total. The lowest BCUT2D eigenvalue weighted by atomic mass is 9.98. The van der Waals surface area contributed by atoms with Crippen LogP contribution >= 0.6 is 11.6 Å². The first-order chi connectivity index (χ1) is 25.9. The van der Waals surface area contributed by atoms with Crippen molar-refractivity contribution in [2.24, 2.45) is 0 Å². The van der Waals surface area contributed by atoms with Crippen molar-refractivity contribution in [3.8, 4) is 67.5 Å². The first kappa shape index (κ1) is 40.4. The molecule has 0 spiro atoms. The monoisotopic (exact) mass is 719 g/mol. The van der Waals surface area contributed by atoms with Gasteiger partial charge in [-0.15, -0.1) is 0 Å². The SMILES string of the molecule is CC.CCC.COC(C)C.Clc1cccc(-c2cccc(-c3cccc(-c4nc(-c5ccccc5)nc(-c5ccc(-c6ccccc6)cc5)n4)c3)c2)c1. The third kappa shape index (κ3) is 11.8. The topological polar surface area (TPSA) is 47.9 Å². The van der Waals surface area contributed by atoms with Crippen LogP contribution in [0.25, 0.3) is 67.5 Å². The Hall–Kier alpha value is -5.42. The van der Waals surface area contributed by atoms with E-state index < -0.39 is 0 Å². The van der Waals surface area contributed by atoms with Crippen LogP contribution in [-0.4, -0.2) is 28.2 Å². The molecule has 0 saturated heterocycles. The van der Waals surface area contributed by atoms with Crippen molar-refractivity contribution in [2.45, 2.75) is 54.1 Å². The van der Waals surface area contributed by atoms with E-state index in [1.807, 2.05) is 82.3 Å². The van der Waals surface area contributed by atoms with Gasteiger partial charge in [0, 0.05) is 28.8 Å². The lowest BCUT2D eigenvalue weighted by molar-refractivity contribution is 0.134. The fraction of sp³-hybridized carbons (Fsp3) is 0.188. The van der Waals surface area contributed by atoms with Crippen LogP contribution in [0.5, 0.6) is 0 Å². The van der Waals surface area contributed by atoms with Gasteiger partial charge in [-0.3, -0.25) is 0 Å². The lowest BCUT2D eigenvalue weighted by Gasteiger charge is -2.11. The summed E-state index contributed by atoms with van der Waals surface area (Å²) in [6.45, 7) is 12.2. The number of ether oxygens (including phenoxy) is 1. The Labute approximate surface area is 321 Å². The molecule has 7 rings (SSSR count). The van der Waals surface area contributed by atoms with Crippen LogP contribution in [0.15, 0.2) is 158 Å². The Morgan fingerprint density at radius 3 is 1.19 bits per heavy atom. The zero-order valence-corrected chi connectivity index (χ0v) is 32.7. The first-order valence-corrected chi connectivity index (χ1v) is 18.7. The Morgan fingerprint density at radius 2 is 0.736 bits per heavy atom. The molecule has 0 aliphatic rings. The normalized spacial score (nSPS) is 10.2. The molecule has 0 aliphatic carbocycles. The second-order valence-electron chi connectivity index (χ2n) is 12.3. The lowest BCUT2D eigenvalue weighted by Crippen LogP contribution is -2.00. The number of benzene rings is 6. The second-order valence-corrected chi connectivity index (χ2v) is 12.7. The van der Waals surface area contributed by atoms with Crippen molar-refractivity contribution in [1.82, 2.24) is 15.0 Å². The van der Waals surface area contributed by atoms with Crippen LogP contribution in [-0.2, 0) is 4.74 Å². The van der Waals surface area contributed by atoms with Crippen molar-refractivity contribution >= 4 is 11.6 Å². The van der Waals surface area contributed by atoms with E-state index in [9.17, 15) is 0 Å². The highest BCUT2D eigenvalue weighted by molar-refractivity contribution is 6.30. The molecule has 0 bridgehead atoms. The average Bonchev–Trinajstić information content (AvgIpc) is 3.23. The molecule has 0 atom stereocenters. The summed E-state index contributed by atoms with van der Waals surface area (Å²) in [6.07, 6.45) is 1.63. The summed E-state index contributed by atoms with van der Waals surface area (Å²) in [5.74, 6) is 1.90. The largest absolute Gasteiger partial charge is 0.382 e. The molecule has 1 heterocycles. The van der Waals surface area contributed by atoms with Gasteiger partial charge in [-0.1, -0.05) is 179 Å². The first-order valence-electron chi connectivity index (χ1n) is 18.4. The third-order valence-corrected chi connectivity index (χ3v) is 8.10. The Morgan fingerprint density at radius 1 is 0.434 bits per heavy atom. The molecule has 4 nitrogen and oxygen atoms in total. The molecule has 0 unspecified atom stereocenters. The number of rotatable bonds is 7. The van der Waals surface area contributed by atoms with E-state index in [0.717, 1.165) is 49.5 Å². The van der Waals surface area contributed by atoms with E-state index in [1.165, 1.54) is 12.0 Å². The van der Waals surface area contributed by atoms with Crippen molar-refractivity contribution in [2.75, 3.05) is 7.11 Å². The van der Waals surface area contributed by atoms with Gasteiger partial charge in [-0.05, 0) is 71.5 Å². The number of hydrogen-bond acceptors (Lipinski definition) is 4. The molecule has 0 radical (unpaired) electrons. The maximum Gasteiger partial charge on any atom is 0.164 e. The van der Waals surface area contributed by atoms with Crippen LogP contribution in [0.3, 0.4) is 0 Å². The standard InChI is InChI=1S/C39H26ClN3.C4H10O.C3H8.C2H6/c40-36-19-9-17-34(26-36)32-15-7-14-31(24-32)33-16-8-18-35(25-33)39-42-37(29-12-5-2-6-13-29)41-38(43-39)30-22-20-28(21-23-30)27-10-3-1-4-11-27;1-4(2)5-3;1-3-2;1-2/h1-26H;4H,1-3H3;3H2,1-2H3;1-2H3. The summed E-state index contributed by atoms with van der Waals surface area (Å²) in [5.41, 5.74) is 9.50. The summed E-state index contributed by atoms with van der Waals surface area (Å²) >= 11 is 6.27. The highest BCUT2D eigenvalue weighted by Crippen LogP contribution is 2.31. The molecule has 0 fully saturated rings. The van der Waals surface area contributed by atoms with Crippen LogP contribution in [0.4, 0.5) is 0 Å². The van der Waals surface area contributed by atoms with E-state index in [-0.39, 0.29) is 0 Å². The van der Waals surface area contributed by atoms with Crippen LogP contribution in [0.2, 0.25) is 5.02 Å². The van der Waals surface area contributed by atoms with Crippen LogP contribution in [0, 0.1) is 0 Å². The maximum absolute atomic E-state index is 6.27. The van der Waals surface area contributed by atoms with E-state index >= 15 is 0 Å². The third-order valence-electron chi connectivity index (χ3n) is 7.86. The number of hydrogen-bond donors (Lipinski definition) is 0. The Bertz CT molecular complexity index is 2110. The van der Waals surface area contributed by atoms with Crippen molar-refractivity contribution in [3.05, 3.63) is 163 Å². The van der Waals surface area contributed by atoms with Gasteiger partial charge in [-0.25, -0.2) is 15.0 Å². The van der Waals surface area contributed by atoms with E-state index in [1.54, 1.807) is 7.11 Å². The van der Waals surface area contributed by atoms with E-state index in [4.69, 9.17) is 31.3 Å². The number of aromatic nitrogens is 3. The fourth-order valence-corrected chi connectivity index (χ4v) is 5.37. The summed E-state index contributed by atoms with van der Waals surface area (Å²) in [4.78, 5) is 14.8. The molecule has 0 aliphatic heterocycles. The van der Waals surface area contributed by atoms with Gasteiger partial charge in [0.1, 0.15) is 0 Å². The highest BCUT2D eigenvalue weighted by Gasteiger charge is 2.13. The second kappa shape index (κ2) is 21.2. The molecule has 1 aromatic heterocycles. The summed E-state index contributed by atoms with van der Waals surface area (Å²) in [6, 6.07) is 53.6. The van der Waals surface area contributed by atoms with Gasteiger partial charge in [0.15, 0.2) is 17.5 Å². The summed E-state index contributed by atoms with van der Waals surface area (Å²) in [5, 5.41) is 0.722. The van der Waals surface area contributed by atoms with Gasteiger partial charge >= 0.3 is 0 Å². The number of nitrogens with zero attached hydrogens (tertiary/aromatic N) is 3. The van der Waals surface area contributed by atoms with Crippen molar-refractivity contribution in [1.29, 1.82) is 0 Å². The molecule has 7 aromatic rings. The van der Waals surface area contributed by atoms with Crippen molar-refractivity contribution in [3.63, 3.8) is 0 Å². The smallest absolute Gasteiger partial charge is 0.164 e. The van der Waals surface area contributed by atoms with Crippen LogP contribution in [0.1, 0.15) is 48.0 Å². The zero-order valence-electron chi connectivity index (χ0n) is 31.9. The maximum atomic E-state index is 6.27. The Kier molecular flexibility index (Phi) is 16.1. The minimum absolute atomic E-state index is 0.384.